The van der Waals surface area contributed by atoms with Crippen LogP contribution in [0.25, 0.3) is 10.9 Å². The third-order valence-electron chi connectivity index (χ3n) is 3.21. The van der Waals surface area contributed by atoms with Gasteiger partial charge >= 0.3 is 0 Å². The zero-order valence-corrected chi connectivity index (χ0v) is 11.8. The fourth-order valence-electron chi connectivity index (χ4n) is 2.22. The van der Waals surface area contributed by atoms with Gasteiger partial charge in [-0.05, 0) is 43.6 Å². The Morgan fingerprint density at radius 3 is 2.82 bits per heavy atom. The second-order valence-corrected chi connectivity index (χ2v) is 4.73. The van der Waals surface area contributed by atoms with Crippen LogP contribution in [-0.2, 0) is 13.0 Å². The molecule has 3 rings (SSSR count). The Morgan fingerprint density at radius 2 is 2.00 bits per heavy atom. The number of aryl methyl sites for hydroxylation is 1. The summed E-state index contributed by atoms with van der Waals surface area (Å²) in [4.78, 5) is 2.46. The Kier molecular flexibility index (Phi) is 2.09. The number of hydrogen-bond donors (Lipinski definition) is 1. The number of fused-ring (bicyclic) bond motifs is 1. The van der Waals surface area contributed by atoms with E-state index in [0.717, 1.165) is 5.56 Å². The molecule has 1 N–H and O–H groups in total. The van der Waals surface area contributed by atoms with E-state index in [1.54, 1.807) is 18.2 Å². The maximum Gasteiger partial charge on any atom is 0.129 e. The topological polar surface area (TPSA) is 28.3 Å². The summed E-state index contributed by atoms with van der Waals surface area (Å²) in [6.45, 7) is -10.1. The first kappa shape index (κ1) is 6.88. The van der Waals surface area contributed by atoms with E-state index in [9.17, 15) is 0 Å². The molecule has 0 bridgehead atoms. The first-order valence-electron chi connectivity index (χ1n) is 11.7. The highest BCUT2D eigenvalue weighted by Crippen LogP contribution is 2.29. The van der Waals surface area contributed by atoms with E-state index in [-0.39, 0.29) is 28.2 Å². The summed E-state index contributed by atoms with van der Waals surface area (Å²) >= 11 is 0. The molecule has 0 amide bonds. The van der Waals surface area contributed by atoms with Crippen LogP contribution < -0.4 is 4.74 Å². The highest BCUT2D eigenvalue weighted by molar-refractivity contribution is 5.89. The Hall–Kier alpha value is -2.26. The average molecular weight is 304 g/mol. The molecule has 0 aliphatic rings. The molecular weight excluding hydrogens is 272 g/mol. The van der Waals surface area contributed by atoms with Crippen LogP contribution in [0.5, 0.6) is 5.75 Å². The summed E-state index contributed by atoms with van der Waals surface area (Å²) in [5.74, 6) is 0.247. The van der Waals surface area contributed by atoms with Gasteiger partial charge in [0.1, 0.15) is 12.4 Å². The summed E-state index contributed by atoms with van der Waals surface area (Å²) in [6.07, 6.45) is -1.84. The number of rotatable bonds is 6. The quantitative estimate of drug-likeness (QED) is 0.749. The number of aromatic amines is 1. The summed E-state index contributed by atoms with van der Waals surface area (Å²) in [5, 5.41) is 0.202. The van der Waals surface area contributed by atoms with Crippen molar-refractivity contribution in [1.29, 1.82) is 0 Å². The molecule has 1 heterocycles. The predicted molar refractivity (Wildman–Crippen MR) is 91.3 cm³/mol. The molecular formula is C19H22N2O. The molecule has 0 saturated heterocycles. The van der Waals surface area contributed by atoms with Crippen molar-refractivity contribution < 1.29 is 18.4 Å². The normalized spacial score (nSPS) is 20.4. The third kappa shape index (κ3) is 3.31. The van der Waals surface area contributed by atoms with E-state index in [4.69, 9.17) is 18.4 Å². The lowest BCUT2D eigenvalue weighted by Gasteiger charge is -2.11. The smallest absolute Gasteiger partial charge is 0.129 e. The zero-order chi connectivity index (χ0) is 23.9. The minimum Gasteiger partial charge on any atom is -0.488 e. The second-order valence-electron chi connectivity index (χ2n) is 4.73. The molecule has 22 heavy (non-hydrogen) atoms. The molecule has 1 aromatic heterocycles. The van der Waals surface area contributed by atoms with Crippen molar-refractivity contribution in [1.82, 2.24) is 9.88 Å². The molecule has 0 fully saturated rings. The Labute approximate surface area is 145 Å². The van der Waals surface area contributed by atoms with Gasteiger partial charge in [-0.25, -0.2) is 0 Å². The van der Waals surface area contributed by atoms with Crippen molar-refractivity contribution in [3.05, 3.63) is 65.9 Å². The summed E-state index contributed by atoms with van der Waals surface area (Å²) < 4.78 is 84.7. The Balaban J connectivity index is 2.09. The fourth-order valence-corrected chi connectivity index (χ4v) is 2.22. The minimum absolute atomic E-state index is 0.164. The van der Waals surface area contributed by atoms with Crippen LogP contribution >= 0.6 is 0 Å². The molecule has 3 heteroatoms. The van der Waals surface area contributed by atoms with Crippen molar-refractivity contribution in [2.45, 2.75) is 13.0 Å². The van der Waals surface area contributed by atoms with Crippen molar-refractivity contribution in [3.63, 3.8) is 0 Å². The van der Waals surface area contributed by atoms with E-state index in [1.807, 2.05) is 30.3 Å². The van der Waals surface area contributed by atoms with Gasteiger partial charge in [0.2, 0.25) is 0 Å². The Bertz CT molecular complexity index is 1060. The molecule has 0 aliphatic carbocycles. The number of benzene rings is 2. The van der Waals surface area contributed by atoms with Crippen LogP contribution in [0.3, 0.4) is 0 Å². The highest BCUT2D eigenvalue weighted by atomic mass is 16.5. The average Bonchev–Trinajstić information content (AvgIpc) is 3.09. The number of nitrogens with zero attached hydrogens (tertiary/aromatic N) is 1. The largest absolute Gasteiger partial charge is 0.488 e. The van der Waals surface area contributed by atoms with Crippen LogP contribution in [0.1, 0.15) is 24.8 Å². The van der Waals surface area contributed by atoms with E-state index < -0.39 is 26.8 Å². The number of H-pyrrole nitrogens is 1. The van der Waals surface area contributed by atoms with Crippen LogP contribution in [0.2, 0.25) is 0 Å². The molecule has 0 spiro atoms. The van der Waals surface area contributed by atoms with Crippen molar-refractivity contribution in [2.24, 2.45) is 0 Å². The fraction of sp³-hybridized carbons (Fsp3) is 0.263. The molecule has 114 valence electrons. The zero-order valence-electron chi connectivity index (χ0n) is 21.8. The van der Waals surface area contributed by atoms with Gasteiger partial charge in [-0.15, -0.1) is 0 Å². The van der Waals surface area contributed by atoms with E-state index in [0.29, 0.717) is 5.52 Å². The first-order chi connectivity index (χ1) is 14.7. The van der Waals surface area contributed by atoms with Crippen molar-refractivity contribution >= 4 is 10.9 Å². The predicted octanol–water partition coefficient (Wildman–Crippen LogP) is 3.85. The van der Waals surface area contributed by atoms with Gasteiger partial charge in [-0.3, -0.25) is 0 Å². The van der Waals surface area contributed by atoms with E-state index in [1.165, 1.54) is 6.20 Å². The summed E-state index contributed by atoms with van der Waals surface area (Å²) in [5.41, 5.74) is 1.04. The highest BCUT2D eigenvalue weighted by Gasteiger charge is 2.10. The number of aromatic nitrogens is 1. The second kappa shape index (κ2) is 6.67. The van der Waals surface area contributed by atoms with Gasteiger partial charge in [0, 0.05) is 37.3 Å². The third-order valence-corrected chi connectivity index (χ3v) is 3.21. The summed E-state index contributed by atoms with van der Waals surface area (Å²) in [6, 6.07) is 14.1. The van der Waals surface area contributed by atoms with Gasteiger partial charge in [0.15, 0.2) is 0 Å². The molecule has 0 unspecified atom stereocenters. The standard InChI is InChI=1S/C19H22N2O/c1-21(2)12-11-16-13-20-17-9-6-10-18(19(16)17)22-14-15-7-4-3-5-8-15/h3-10,13,20H,11-12,14H2,1-2H3/i1D3,2D3,11D2,12D2. The minimum atomic E-state index is -3.43. The van der Waals surface area contributed by atoms with Gasteiger partial charge in [-0.1, -0.05) is 36.4 Å². The molecule has 0 radical (unpaired) electrons. The van der Waals surface area contributed by atoms with Crippen LogP contribution in [0.4, 0.5) is 0 Å². The maximum absolute atomic E-state index is 8.53. The Morgan fingerprint density at radius 1 is 1.14 bits per heavy atom. The SMILES string of the molecule is [2H]C([2H])([2H])N(C([2H])([2H])[2H])C([2H])([2H])C([2H])([2H])c1c[nH]c2cccc(OCc3ccccc3)c12. The lowest BCUT2D eigenvalue weighted by atomic mass is 10.1. The van der Waals surface area contributed by atoms with E-state index in [2.05, 4.69) is 4.98 Å². The molecule has 0 aliphatic heterocycles. The van der Waals surface area contributed by atoms with Crippen molar-refractivity contribution in [2.75, 3.05) is 20.4 Å². The van der Waals surface area contributed by atoms with Crippen molar-refractivity contribution in [3.8, 4) is 5.75 Å². The maximum atomic E-state index is 8.53. The van der Waals surface area contributed by atoms with Gasteiger partial charge < -0.3 is 14.6 Å². The molecule has 3 nitrogen and oxygen atoms in total. The van der Waals surface area contributed by atoms with Gasteiger partial charge in [0.25, 0.3) is 0 Å². The number of likely N-dealkylation sites (N-methyl/N-ethyl adjacent to an activating group) is 1. The summed E-state index contributed by atoms with van der Waals surface area (Å²) in [7, 11) is 0. The lowest BCUT2D eigenvalue weighted by Crippen LogP contribution is -2.14. The van der Waals surface area contributed by atoms with Gasteiger partial charge in [0.05, 0.1) is 0 Å². The monoisotopic (exact) mass is 304 g/mol. The number of hydrogen-bond acceptors (Lipinski definition) is 2. The first-order valence-corrected chi connectivity index (χ1v) is 6.75. The van der Waals surface area contributed by atoms with Crippen LogP contribution in [0.15, 0.2) is 54.7 Å². The van der Waals surface area contributed by atoms with Crippen LogP contribution in [-0.4, -0.2) is 30.3 Å². The van der Waals surface area contributed by atoms with E-state index >= 15 is 0 Å². The molecule has 0 saturated carbocycles. The number of nitrogens with one attached hydrogen (secondary N) is 1. The molecule has 3 aromatic rings. The number of ether oxygens (including phenoxy) is 1. The molecule has 0 atom stereocenters. The molecule has 2 aromatic carbocycles. The van der Waals surface area contributed by atoms with Gasteiger partial charge in [-0.2, -0.15) is 0 Å². The van der Waals surface area contributed by atoms with Crippen LogP contribution in [0, 0.1) is 0 Å². The lowest BCUT2D eigenvalue weighted by molar-refractivity contribution is 0.310.